The molecule has 0 aliphatic carbocycles. The van der Waals surface area contributed by atoms with Gasteiger partial charge in [0.1, 0.15) is 0 Å². The van der Waals surface area contributed by atoms with Crippen LogP contribution in [0.4, 0.5) is 0 Å². The molecule has 0 saturated carbocycles. The Hall–Kier alpha value is -4.73. The number of hydrogen-bond donors (Lipinski definition) is 0. The van der Waals surface area contributed by atoms with Crippen LogP contribution < -0.4 is 0 Å². The van der Waals surface area contributed by atoms with Crippen LogP contribution in [-0.4, -0.2) is 9.97 Å². The monoisotopic (exact) mass is 813 g/mol. The summed E-state index contributed by atoms with van der Waals surface area (Å²) in [5.41, 5.74) is 5.56. The second-order valence-electron chi connectivity index (χ2n) is 12.9. The van der Waals surface area contributed by atoms with Gasteiger partial charge in [0.05, 0.1) is 0 Å². The Morgan fingerprint density at radius 2 is 1.31 bits per heavy atom. The SMILES string of the molecule is CC(C)(C)c1cccc2c1sc1cc(-c3nccc4c3ccc3c5ccccc5ccc43)[c-]cc12.[Ir].[c-]1ccccc1-c1ccccn1. The van der Waals surface area contributed by atoms with E-state index in [1.807, 2.05) is 60.0 Å². The Morgan fingerprint density at radius 1 is 0.562 bits per heavy atom. The summed E-state index contributed by atoms with van der Waals surface area (Å²) in [5, 5.41) is 10.1. The maximum Gasteiger partial charge on any atom is 0.0283 e. The van der Waals surface area contributed by atoms with E-state index in [0.717, 1.165) is 22.5 Å². The molecule has 9 rings (SSSR count). The van der Waals surface area contributed by atoms with E-state index >= 15 is 0 Å². The number of benzene rings is 6. The fourth-order valence-corrected chi connectivity index (χ4v) is 7.95. The van der Waals surface area contributed by atoms with Gasteiger partial charge in [0, 0.05) is 37.2 Å². The van der Waals surface area contributed by atoms with Gasteiger partial charge >= 0.3 is 0 Å². The number of aromatic nitrogens is 2. The molecule has 3 aromatic heterocycles. The molecule has 9 aromatic rings. The summed E-state index contributed by atoms with van der Waals surface area (Å²) >= 11 is 1.89. The van der Waals surface area contributed by atoms with Crippen LogP contribution in [0.25, 0.3) is 75.0 Å². The van der Waals surface area contributed by atoms with Gasteiger partial charge in [-0.15, -0.1) is 59.7 Å². The predicted molar refractivity (Wildman–Crippen MR) is 201 cm³/mol. The first-order valence-electron chi connectivity index (χ1n) is 15.9. The van der Waals surface area contributed by atoms with Gasteiger partial charge in [-0.2, -0.15) is 11.3 Å². The summed E-state index contributed by atoms with van der Waals surface area (Å²) in [6.07, 6.45) is 3.73. The third kappa shape index (κ3) is 5.82. The van der Waals surface area contributed by atoms with Crippen molar-refractivity contribution >= 4 is 63.8 Å². The third-order valence-electron chi connectivity index (χ3n) is 8.81. The fraction of sp³-hybridized carbons (Fsp3) is 0.0909. The van der Waals surface area contributed by atoms with E-state index in [2.05, 4.69) is 123 Å². The van der Waals surface area contributed by atoms with Crippen LogP contribution in [0.15, 0.2) is 140 Å². The van der Waals surface area contributed by atoms with Gasteiger partial charge in [0.15, 0.2) is 0 Å². The minimum Gasteiger partial charge on any atom is -0.305 e. The summed E-state index contributed by atoms with van der Waals surface area (Å²) in [7, 11) is 0. The van der Waals surface area contributed by atoms with Crippen LogP contribution >= 0.6 is 11.3 Å². The Labute approximate surface area is 298 Å². The molecule has 6 aromatic carbocycles. The fourth-order valence-electron chi connectivity index (χ4n) is 6.51. The van der Waals surface area contributed by atoms with Crippen molar-refractivity contribution in [3.8, 4) is 22.5 Å². The van der Waals surface area contributed by atoms with Gasteiger partial charge in [-0.05, 0) is 76.9 Å². The zero-order valence-corrected chi connectivity index (χ0v) is 30.1. The molecule has 235 valence electrons. The van der Waals surface area contributed by atoms with E-state index in [1.165, 1.54) is 58.1 Å². The van der Waals surface area contributed by atoms with Gasteiger partial charge in [-0.3, -0.25) is 0 Å². The molecule has 0 fully saturated rings. The number of nitrogens with zero attached hydrogens (tertiary/aromatic N) is 2. The molecule has 0 unspecified atom stereocenters. The number of thiophene rings is 1. The van der Waals surface area contributed by atoms with Crippen LogP contribution in [0.3, 0.4) is 0 Å². The van der Waals surface area contributed by atoms with Crippen molar-refractivity contribution in [2.24, 2.45) is 0 Å². The third-order valence-corrected chi connectivity index (χ3v) is 10.0. The van der Waals surface area contributed by atoms with Crippen LogP contribution in [-0.2, 0) is 25.5 Å². The Balaban J connectivity index is 0.000000237. The van der Waals surface area contributed by atoms with Crippen LogP contribution in [0, 0.1) is 12.1 Å². The van der Waals surface area contributed by atoms with Gasteiger partial charge in [0.25, 0.3) is 0 Å². The molecule has 0 bridgehead atoms. The van der Waals surface area contributed by atoms with Crippen LogP contribution in [0.1, 0.15) is 26.3 Å². The normalized spacial score (nSPS) is 11.5. The summed E-state index contributed by atoms with van der Waals surface area (Å²) in [4.78, 5) is 9.05. The zero-order chi connectivity index (χ0) is 32.0. The minimum absolute atomic E-state index is 0. The molecule has 3 heterocycles. The van der Waals surface area contributed by atoms with Crippen molar-refractivity contribution in [1.29, 1.82) is 0 Å². The Kier molecular flexibility index (Phi) is 8.66. The van der Waals surface area contributed by atoms with Gasteiger partial charge < -0.3 is 9.97 Å². The van der Waals surface area contributed by atoms with Crippen LogP contribution in [0.5, 0.6) is 0 Å². The van der Waals surface area contributed by atoms with E-state index in [4.69, 9.17) is 4.98 Å². The molecule has 0 amide bonds. The average Bonchev–Trinajstić information content (AvgIpc) is 3.50. The molecule has 0 aliphatic rings. The van der Waals surface area contributed by atoms with Gasteiger partial charge in [-0.1, -0.05) is 105 Å². The van der Waals surface area contributed by atoms with Crippen molar-refractivity contribution in [3.63, 3.8) is 0 Å². The molecule has 4 heteroatoms. The van der Waals surface area contributed by atoms with E-state index in [9.17, 15) is 0 Å². The summed E-state index contributed by atoms with van der Waals surface area (Å²) in [6.45, 7) is 6.87. The van der Waals surface area contributed by atoms with E-state index in [-0.39, 0.29) is 25.5 Å². The Bertz CT molecular complexity index is 2510. The summed E-state index contributed by atoms with van der Waals surface area (Å²) < 4.78 is 2.67. The first-order chi connectivity index (χ1) is 23.0. The minimum atomic E-state index is 0. The molecule has 2 nitrogen and oxygen atoms in total. The number of rotatable bonds is 2. The quantitative estimate of drug-likeness (QED) is 0.128. The van der Waals surface area contributed by atoms with Gasteiger partial charge in [-0.25, -0.2) is 0 Å². The average molecular weight is 813 g/mol. The molecule has 0 saturated heterocycles. The van der Waals surface area contributed by atoms with Crippen molar-refractivity contribution < 1.29 is 20.1 Å². The predicted octanol–water partition coefficient (Wildman–Crippen LogP) is 12.2. The van der Waals surface area contributed by atoms with E-state index in [1.54, 1.807) is 6.20 Å². The summed E-state index contributed by atoms with van der Waals surface area (Å²) in [5.74, 6) is 0. The van der Waals surface area contributed by atoms with Crippen molar-refractivity contribution in [2.45, 2.75) is 26.2 Å². The molecule has 0 spiro atoms. The Morgan fingerprint density at radius 3 is 2.12 bits per heavy atom. The number of pyridine rings is 2. The molecule has 0 atom stereocenters. The topological polar surface area (TPSA) is 25.8 Å². The van der Waals surface area contributed by atoms with Crippen molar-refractivity contribution in [2.75, 3.05) is 0 Å². The second kappa shape index (κ2) is 13.1. The molecule has 0 aliphatic heterocycles. The largest absolute Gasteiger partial charge is 0.305 e. The maximum absolute atomic E-state index is 4.84. The first-order valence-corrected chi connectivity index (χ1v) is 16.7. The number of fused-ring (bicyclic) bond motifs is 8. The van der Waals surface area contributed by atoms with Gasteiger partial charge in [0.2, 0.25) is 0 Å². The molecular weight excluding hydrogens is 781 g/mol. The first kappa shape index (κ1) is 31.8. The van der Waals surface area contributed by atoms with Crippen molar-refractivity contribution in [3.05, 3.63) is 157 Å². The maximum atomic E-state index is 4.84. The number of hydrogen-bond acceptors (Lipinski definition) is 3. The zero-order valence-electron chi connectivity index (χ0n) is 26.9. The van der Waals surface area contributed by atoms with E-state index < -0.39 is 0 Å². The summed E-state index contributed by atoms with van der Waals surface area (Å²) in [6, 6.07) is 51.2. The second-order valence-corrected chi connectivity index (χ2v) is 13.9. The molecular formula is C44H32IrN2S-2. The molecule has 48 heavy (non-hydrogen) atoms. The molecule has 0 N–H and O–H groups in total. The standard InChI is InChI=1S/C33H24NS.C11H8N.Ir/c1-33(2,3)29-10-6-9-28-26-14-12-21(19-30(26)35-32(28)29)31-27-16-15-23-22-8-5-4-7-20(22)11-13-24(23)25(27)17-18-34-31;1-2-6-10(7-3-1)11-8-4-5-9-12-11;/h4-11,13-19H,1-3H3;1-6,8-9H;/q2*-1;. The smallest absolute Gasteiger partial charge is 0.0283 e. The van der Waals surface area contributed by atoms with Crippen LogP contribution in [0.2, 0.25) is 0 Å². The molecule has 1 radical (unpaired) electrons. The van der Waals surface area contributed by atoms with E-state index in [0.29, 0.717) is 0 Å². The van der Waals surface area contributed by atoms with Crippen molar-refractivity contribution in [1.82, 2.24) is 9.97 Å².